The fourth-order valence-electron chi connectivity index (χ4n) is 2.60. The summed E-state index contributed by atoms with van der Waals surface area (Å²) in [4.78, 5) is 2.94. The van der Waals surface area contributed by atoms with E-state index in [-0.39, 0.29) is 0 Å². The van der Waals surface area contributed by atoms with E-state index in [4.69, 9.17) is 5.73 Å². The van der Waals surface area contributed by atoms with E-state index >= 15 is 0 Å². The number of hydrogen-bond acceptors (Lipinski definition) is 3. The summed E-state index contributed by atoms with van der Waals surface area (Å²) in [6.45, 7) is 12.1. The Kier molecular flexibility index (Phi) is 7.78. The lowest BCUT2D eigenvalue weighted by Gasteiger charge is -2.30. The lowest BCUT2D eigenvalue weighted by molar-refractivity contribution is 0.210. The van der Waals surface area contributed by atoms with E-state index in [9.17, 15) is 0 Å². The van der Waals surface area contributed by atoms with E-state index in [0.29, 0.717) is 5.41 Å². The number of hydrogen-bond donors (Lipinski definition) is 2. The Hall–Kier alpha value is -0.380. The minimum atomic E-state index is 0.378. The third kappa shape index (κ3) is 6.38. The van der Waals surface area contributed by atoms with E-state index in [1.54, 1.807) is 0 Å². The molecule has 0 aromatic carbocycles. The van der Waals surface area contributed by atoms with E-state index < -0.39 is 0 Å². The summed E-state index contributed by atoms with van der Waals surface area (Å²) in [6, 6.07) is 4.50. The van der Waals surface area contributed by atoms with E-state index in [1.807, 2.05) is 11.3 Å². The Bertz CT molecular complexity index is 365. The minimum absolute atomic E-state index is 0.378. The third-order valence-corrected chi connectivity index (χ3v) is 5.24. The average molecular weight is 297 g/mol. The SMILES string of the molecule is CCc1ccc(CNCCCC(CCN)C(C)(C)C)s1. The maximum atomic E-state index is 5.73. The van der Waals surface area contributed by atoms with Crippen LogP contribution in [0.15, 0.2) is 12.1 Å². The molecule has 0 amide bonds. The highest BCUT2D eigenvalue weighted by Crippen LogP contribution is 2.31. The summed E-state index contributed by atoms with van der Waals surface area (Å²) in [5.74, 6) is 0.739. The molecule has 0 aliphatic heterocycles. The molecule has 0 saturated carbocycles. The molecule has 1 atom stereocenters. The molecule has 0 bridgehead atoms. The average Bonchev–Trinajstić information content (AvgIpc) is 2.84. The molecule has 3 N–H and O–H groups in total. The second kappa shape index (κ2) is 8.81. The zero-order chi connectivity index (χ0) is 15.0. The van der Waals surface area contributed by atoms with Crippen molar-refractivity contribution in [1.29, 1.82) is 0 Å². The van der Waals surface area contributed by atoms with Gasteiger partial charge in [0.15, 0.2) is 0 Å². The predicted octanol–water partition coefficient (Wildman–Crippen LogP) is 4.19. The van der Waals surface area contributed by atoms with Gasteiger partial charge >= 0.3 is 0 Å². The summed E-state index contributed by atoms with van der Waals surface area (Å²) < 4.78 is 0. The number of nitrogens with one attached hydrogen (secondary N) is 1. The largest absolute Gasteiger partial charge is 0.330 e. The molecular weight excluding hydrogens is 264 g/mol. The van der Waals surface area contributed by atoms with Gasteiger partial charge in [-0.25, -0.2) is 0 Å². The van der Waals surface area contributed by atoms with Crippen LogP contribution in [0.25, 0.3) is 0 Å². The van der Waals surface area contributed by atoms with Gasteiger partial charge in [0.05, 0.1) is 0 Å². The van der Waals surface area contributed by atoms with Crippen LogP contribution in [0.5, 0.6) is 0 Å². The van der Waals surface area contributed by atoms with Crippen molar-refractivity contribution in [2.45, 2.75) is 59.9 Å². The molecule has 20 heavy (non-hydrogen) atoms. The zero-order valence-electron chi connectivity index (χ0n) is 13.7. The van der Waals surface area contributed by atoms with Gasteiger partial charge in [0.25, 0.3) is 0 Å². The zero-order valence-corrected chi connectivity index (χ0v) is 14.5. The molecule has 0 radical (unpaired) electrons. The van der Waals surface area contributed by atoms with E-state index in [1.165, 1.54) is 22.6 Å². The molecule has 1 aromatic rings. The van der Waals surface area contributed by atoms with Gasteiger partial charge in [-0.3, -0.25) is 0 Å². The Labute approximate surface area is 129 Å². The van der Waals surface area contributed by atoms with Crippen molar-refractivity contribution in [1.82, 2.24) is 5.32 Å². The van der Waals surface area contributed by atoms with Crippen LogP contribution in [0.4, 0.5) is 0 Å². The highest BCUT2D eigenvalue weighted by molar-refractivity contribution is 7.11. The van der Waals surface area contributed by atoms with Crippen molar-refractivity contribution in [3.8, 4) is 0 Å². The molecule has 3 heteroatoms. The van der Waals surface area contributed by atoms with Crippen molar-refractivity contribution in [2.24, 2.45) is 17.1 Å². The van der Waals surface area contributed by atoms with Gasteiger partial charge in [0.1, 0.15) is 0 Å². The Morgan fingerprint density at radius 3 is 2.45 bits per heavy atom. The number of nitrogens with two attached hydrogens (primary N) is 1. The van der Waals surface area contributed by atoms with Gasteiger partial charge in [-0.1, -0.05) is 27.7 Å². The van der Waals surface area contributed by atoms with Crippen molar-refractivity contribution < 1.29 is 0 Å². The molecule has 0 aliphatic rings. The lowest BCUT2D eigenvalue weighted by Crippen LogP contribution is -2.25. The highest BCUT2D eigenvalue weighted by atomic mass is 32.1. The second-order valence-electron chi connectivity index (χ2n) is 6.68. The monoisotopic (exact) mass is 296 g/mol. The van der Waals surface area contributed by atoms with E-state index in [0.717, 1.165) is 38.4 Å². The third-order valence-electron chi connectivity index (χ3n) is 4.01. The summed E-state index contributed by atoms with van der Waals surface area (Å²) >= 11 is 1.93. The van der Waals surface area contributed by atoms with Crippen LogP contribution in [0.2, 0.25) is 0 Å². The van der Waals surface area contributed by atoms with Crippen LogP contribution in [-0.4, -0.2) is 13.1 Å². The Morgan fingerprint density at radius 1 is 1.20 bits per heavy atom. The smallest absolute Gasteiger partial charge is 0.0299 e. The molecule has 1 aromatic heterocycles. The van der Waals surface area contributed by atoms with Crippen molar-refractivity contribution in [3.05, 3.63) is 21.9 Å². The maximum absolute atomic E-state index is 5.73. The lowest BCUT2D eigenvalue weighted by atomic mass is 9.76. The molecule has 1 unspecified atom stereocenters. The van der Waals surface area contributed by atoms with Crippen LogP contribution in [0.3, 0.4) is 0 Å². The normalized spacial score (nSPS) is 13.7. The van der Waals surface area contributed by atoms with Gasteiger partial charge < -0.3 is 11.1 Å². The predicted molar refractivity (Wildman–Crippen MR) is 91.3 cm³/mol. The minimum Gasteiger partial charge on any atom is -0.330 e. The first kappa shape index (κ1) is 17.7. The topological polar surface area (TPSA) is 38.0 Å². The first-order valence-corrected chi connectivity index (χ1v) is 8.77. The Morgan fingerprint density at radius 2 is 1.90 bits per heavy atom. The van der Waals surface area contributed by atoms with Gasteiger partial charge in [-0.15, -0.1) is 11.3 Å². The summed E-state index contributed by atoms with van der Waals surface area (Å²) in [5, 5.41) is 3.57. The van der Waals surface area contributed by atoms with Crippen molar-refractivity contribution in [2.75, 3.05) is 13.1 Å². The molecule has 1 heterocycles. The molecule has 0 spiro atoms. The van der Waals surface area contributed by atoms with Crippen molar-refractivity contribution in [3.63, 3.8) is 0 Å². The van der Waals surface area contributed by atoms with Crippen LogP contribution in [0, 0.1) is 11.3 Å². The van der Waals surface area contributed by atoms with Crippen molar-refractivity contribution >= 4 is 11.3 Å². The summed E-state index contributed by atoms with van der Waals surface area (Å²) in [5.41, 5.74) is 6.11. The number of thiophene rings is 1. The fourth-order valence-corrected chi connectivity index (χ4v) is 3.53. The van der Waals surface area contributed by atoms with Gasteiger partial charge in [0, 0.05) is 16.3 Å². The first-order chi connectivity index (χ1) is 9.47. The quantitative estimate of drug-likeness (QED) is 0.671. The molecule has 0 saturated heterocycles. The van der Waals surface area contributed by atoms with Crippen LogP contribution >= 0.6 is 11.3 Å². The summed E-state index contributed by atoms with van der Waals surface area (Å²) in [6.07, 6.45) is 4.82. The first-order valence-electron chi connectivity index (χ1n) is 7.95. The van der Waals surface area contributed by atoms with E-state index in [2.05, 4.69) is 45.1 Å². The number of aryl methyl sites for hydroxylation is 1. The van der Waals surface area contributed by atoms with Crippen LogP contribution in [-0.2, 0) is 13.0 Å². The number of rotatable bonds is 9. The molecular formula is C17H32N2S. The maximum Gasteiger partial charge on any atom is 0.0299 e. The fraction of sp³-hybridized carbons (Fsp3) is 0.765. The van der Waals surface area contributed by atoms with Gasteiger partial charge in [-0.05, 0) is 62.2 Å². The molecule has 1 rings (SSSR count). The Balaban J connectivity index is 2.20. The van der Waals surface area contributed by atoms with Gasteiger partial charge in [-0.2, -0.15) is 0 Å². The molecule has 0 aliphatic carbocycles. The summed E-state index contributed by atoms with van der Waals surface area (Å²) in [7, 11) is 0. The second-order valence-corrected chi connectivity index (χ2v) is 7.93. The van der Waals surface area contributed by atoms with Crippen LogP contribution in [0.1, 0.15) is 56.7 Å². The van der Waals surface area contributed by atoms with Crippen LogP contribution < -0.4 is 11.1 Å². The molecule has 2 nitrogen and oxygen atoms in total. The molecule has 116 valence electrons. The van der Waals surface area contributed by atoms with Gasteiger partial charge in [0.2, 0.25) is 0 Å². The molecule has 0 fully saturated rings. The highest BCUT2D eigenvalue weighted by Gasteiger charge is 2.22. The standard InChI is InChI=1S/C17H32N2S/c1-5-15-8-9-16(20-15)13-19-12-6-7-14(10-11-18)17(2,3)4/h8-9,14,19H,5-7,10-13,18H2,1-4H3.